The Morgan fingerprint density at radius 2 is 0.710 bits per heavy atom. The molecule has 0 aliphatic heterocycles. The van der Waals surface area contributed by atoms with Crippen LogP contribution in [-0.4, -0.2) is 66.4 Å². The van der Waals surface area contributed by atoms with Crippen LogP contribution in [0.15, 0.2) is 109 Å². The van der Waals surface area contributed by atoms with Gasteiger partial charge >= 0.3 is 11.9 Å². The maximum Gasteiger partial charge on any atom is 0.347 e. The average Bonchev–Trinajstić information content (AvgIpc) is 3.28. The van der Waals surface area contributed by atoms with Crippen molar-refractivity contribution in [2.75, 3.05) is 53.3 Å². The van der Waals surface area contributed by atoms with Crippen molar-refractivity contribution in [2.45, 2.75) is 13.8 Å². The Morgan fingerprint density at radius 3 is 1.02 bits per heavy atom. The van der Waals surface area contributed by atoms with Crippen LogP contribution in [0.25, 0.3) is 11.1 Å². The number of anilines is 2. The summed E-state index contributed by atoms with van der Waals surface area (Å²) < 4.78 is 43.0. The molecule has 0 aliphatic carbocycles. The monoisotopic (exact) mass is 840 g/mol. The Balaban J connectivity index is 1.05. The van der Waals surface area contributed by atoms with Crippen LogP contribution in [0.1, 0.15) is 52.6 Å². The second-order valence-corrected chi connectivity index (χ2v) is 13.6. The molecule has 6 rings (SSSR count). The van der Waals surface area contributed by atoms with Gasteiger partial charge in [0, 0.05) is 46.8 Å². The number of aryl methyl sites for hydroxylation is 2. The number of esters is 2. The minimum absolute atomic E-state index is 0.140. The van der Waals surface area contributed by atoms with Gasteiger partial charge in [-0.2, -0.15) is 0 Å². The Bertz CT molecular complexity index is 2460. The summed E-state index contributed by atoms with van der Waals surface area (Å²) in [7, 11) is 8.73. The number of hydrogen-bond acceptors (Lipinski definition) is 12. The number of carbonyl (C=O) groups excluding carboxylic acids is 4. The van der Waals surface area contributed by atoms with Gasteiger partial charge in [0.25, 0.3) is 11.8 Å². The summed E-state index contributed by atoms with van der Waals surface area (Å²) in [5, 5.41) is 5.84. The highest BCUT2D eigenvalue weighted by Gasteiger charge is 2.22. The number of benzene rings is 6. The molecule has 0 spiro atoms. The van der Waals surface area contributed by atoms with E-state index in [1.165, 1.54) is 91.2 Å². The van der Waals surface area contributed by atoms with Crippen LogP contribution in [0.3, 0.4) is 0 Å². The largest absolute Gasteiger partial charge is 0.496 e. The van der Waals surface area contributed by atoms with E-state index in [1.54, 1.807) is 24.3 Å². The van der Waals surface area contributed by atoms with Gasteiger partial charge in [-0.3, -0.25) is 9.59 Å². The lowest BCUT2D eigenvalue weighted by molar-refractivity contribution is 0.0720. The van der Waals surface area contributed by atoms with Gasteiger partial charge in [0.05, 0.1) is 42.7 Å². The van der Waals surface area contributed by atoms with Crippen molar-refractivity contribution in [1.29, 1.82) is 0 Å². The molecule has 2 amide bonds. The number of carbonyl (C=O) groups is 4. The molecule has 0 heterocycles. The summed E-state index contributed by atoms with van der Waals surface area (Å²) in [6, 6.07) is 29.6. The zero-order valence-electron chi connectivity index (χ0n) is 35.3. The number of rotatable bonds is 15. The molecule has 14 nitrogen and oxygen atoms in total. The van der Waals surface area contributed by atoms with Crippen molar-refractivity contribution in [3.05, 3.63) is 143 Å². The fourth-order valence-electron chi connectivity index (χ4n) is 6.54. The normalized spacial score (nSPS) is 10.5. The molecule has 0 fully saturated rings. The van der Waals surface area contributed by atoms with E-state index in [9.17, 15) is 19.2 Å². The fraction of sp³-hybridized carbons (Fsp3) is 0.167. The highest BCUT2D eigenvalue weighted by molar-refractivity contribution is 6.05. The molecule has 0 aliphatic rings. The Kier molecular flexibility index (Phi) is 13.6. The molecule has 0 aromatic heterocycles. The first-order chi connectivity index (χ1) is 29.9. The van der Waals surface area contributed by atoms with E-state index in [4.69, 9.17) is 37.9 Å². The van der Waals surface area contributed by atoms with Gasteiger partial charge < -0.3 is 48.5 Å². The van der Waals surface area contributed by atoms with Crippen molar-refractivity contribution >= 4 is 35.1 Å². The van der Waals surface area contributed by atoms with E-state index in [1.807, 2.05) is 50.2 Å². The van der Waals surface area contributed by atoms with Gasteiger partial charge in [-0.25, -0.2) is 9.59 Å². The molecular weight excluding hydrogens is 797 g/mol. The average molecular weight is 841 g/mol. The fourth-order valence-corrected chi connectivity index (χ4v) is 6.54. The van der Waals surface area contributed by atoms with E-state index < -0.39 is 11.9 Å². The molecule has 0 saturated heterocycles. The van der Waals surface area contributed by atoms with Crippen molar-refractivity contribution in [1.82, 2.24) is 0 Å². The molecule has 62 heavy (non-hydrogen) atoms. The zero-order valence-corrected chi connectivity index (χ0v) is 35.3. The second kappa shape index (κ2) is 19.4. The number of ether oxygens (including phenoxy) is 8. The zero-order chi connectivity index (χ0) is 44.5. The van der Waals surface area contributed by atoms with E-state index in [-0.39, 0.29) is 45.9 Å². The highest BCUT2D eigenvalue weighted by atomic mass is 16.5. The molecule has 14 heteroatoms. The van der Waals surface area contributed by atoms with Gasteiger partial charge in [0.2, 0.25) is 0 Å². The minimum Gasteiger partial charge on any atom is -0.496 e. The first-order valence-corrected chi connectivity index (χ1v) is 19.0. The molecule has 0 radical (unpaired) electrons. The molecule has 0 atom stereocenters. The van der Waals surface area contributed by atoms with Crippen molar-refractivity contribution in [3.63, 3.8) is 0 Å². The molecule has 0 bridgehead atoms. The Hall–Kier alpha value is -8.00. The summed E-state index contributed by atoms with van der Waals surface area (Å²) in [4.78, 5) is 52.4. The smallest absolute Gasteiger partial charge is 0.347 e. The predicted molar refractivity (Wildman–Crippen MR) is 232 cm³/mol. The number of hydrogen-bond donors (Lipinski definition) is 2. The summed E-state index contributed by atoms with van der Waals surface area (Å²) >= 11 is 0. The standard InChI is InChI=1S/C48H44N2O12/c1-27-21-31(49-45(51)29-9-15-33(16-10-29)61-47(53)37-23-41(57-5)43(59-7)25-39(37)55-3)13-19-35(27)36-20-14-32(22-28(36)2)50-46(52)30-11-17-34(18-12-30)62-48(54)38-24-42(58-6)44(60-8)26-40(38)56-4/h9-26H,1-8H3,(H,49,51)(H,50,52). The molecule has 2 N–H and O–H groups in total. The van der Waals surface area contributed by atoms with Crippen LogP contribution in [0, 0.1) is 13.8 Å². The Morgan fingerprint density at radius 1 is 0.387 bits per heavy atom. The van der Waals surface area contributed by atoms with Crippen molar-refractivity contribution in [3.8, 4) is 57.1 Å². The van der Waals surface area contributed by atoms with Crippen LogP contribution >= 0.6 is 0 Å². The van der Waals surface area contributed by atoms with Gasteiger partial charge in [-0.15, -0.1) is 0 Å². The molecule has 6 aromatic rings. The molecular formula is C48H44N2O12. The summed E-state index contributed by atoms with van der Waals surface area (Å²) in [6.07, 6.45) is 0. The SMILES string of the molecule is COc1cc(OC)c(C(=O)Oc2ccc(C(=O)Nc3ccc(-c4ccc(NC(=O)c5ccc(OC(=O)c6cc(OC)c(OC)cc6OC)cc5)cc4C)c(C)c3)cc2)cc1OC. The van der Waals surface area contributed by atoms with E-state index in [0.717, 1.165) is 22.3 Å². The number of methoxy groups -OCH3 is 6. The summed E-state index contributed by atoms with van der Waals surface area (Å²) in [6.45, 7) is 3.89. The molecule has 6 aromatic carbocycles. The third kappa shape index (κ3) is 9.71. The maximum atomic E-state index is 13.2. The first kappa shape index (κ1) is 43.6. The number of nitrogens with one attached hydrogen (secondary N) is 2. The lowest BCUT2D eigenvalue weighted by atomic mass is 9.95. The quantitative estimate of drug-likeness (QED) is 0.0746. The molecule has 318 valence electrons. The van der Waals surface area contributed by atoms with Crippen molar-refractivity contribution in [2.24, 2.45) is 0 Å². The van der Waals surface area contributed by atoms with Crippen LogP contribution in [0.5, 0.6) is 46.0 Å². The van der Waals surface area contributed by atoms with Crippen molar-refractivity contribution < 1.29 is 57.1 Å². The van der Waals surface area contributed by atoms with Crippen LogP contribution in [-0.2, 0) is 0 Å². The third-order valence-corrected chi connectivity index (χ3v) is 9.76. The topological polar surface area (TPSA) is 166 Å². The van der Waals surface area contributed by atoms with Gasteiger partial charge in [-0.1, -0.05) is 12.1 Å². The second-order valence-electron chi connectivity index (χ2n) is 13.6. The predicted octanol–water partition coefficient (Wildman–Crippen LogP) is 8.97. The van der Waals surface area contributed by atoms with E-state index >= 15 is 0 Å². The molecule has 0 saturated carbocycles. The van der Waals surface area contributed by atoms with Crippen LogP contribution < -0.4 is 48.5 Å². The molecule has 0 unspecified atom stereocenters. The lowest BCUT2D eigenvalue weighted by Gasteiger charge is -2.14. The van der Waals surface area contributed by atoms with E-state index in [2.05, 4.69) is 10.6 Å². The van der Waals surface area contributed by atoms with E-state index in [0.29, 0.717) is 45.5 Å². The van der Waals surface area contributed by atoms with Gasteiger partial charge in [0.15, 0.2) is 23.0 Å². The van der Waals surface area contributed by atoms with Crippen LogP contribution in [0.4, 0.5) is 11.4 Å². The minimum atomic E-state index is -0.676. The summed E-state index contributed by atoms with van der Waals surface area (Å²) in [5.41, 5.74) is 5.92. The maximum absolute atomic E-state index is 13.2. The Labute approximate surface area is 358 Å². The third-order valence-electron chi connectivity index (χ3n) is 9.76. The summed E-state index contributed by atoms with van der Waals surface area (Å²) in [5.74, 6) is 0.385. The lowest BCUT2D eigenvalue weighted by Crippen LogP contribution is -2.13. The number of amides is 2. The first-order valence-electron chi connectivity index (χ1n) is 19.0. The van der Waals surface area contributed by atoms with Gasteiger partial charge in [0.1, 0.15) is 34.1 Å². The highest BCUT2D eigenvalue weighted by Crippen LogP contribution is 2.37. The van der Waals surface area contributed by atoms with Gasteiger partial charge in [-0.05, 0) is 109 Å². The van der Waals surface area contributed by atoms with Crippen LogP contribution in [0.2, 0.25) is 0 Å².